The predicted octanol–water partition coefficient (Wildman–Crippen LogP) is 3.18. The fourth-order valence-corrected chi connectivity index (χ4v) is 2.65. The van der Waals surface area contributed by atoms with Gasteiger partial charge in [-0.2, -0.15) is 0 Å². The molecule has 0 unspecified atom stereocenters. The van der Waals surface area contributed by atoms with Crippen molar-refractivity contribution in [1.82, 2.24) is 9.88 Å². The van der Waals surface area contributed by atoms with Gasteiger partial charge in [0.2, 0.25) is 0 Å². The van der Waals surface area contributed by atoms with E-state index in [1.807, 2.05) is 12.4 Å². The van der Waals surface area contributed by atoms with E-state index >= 15 is 0 Å². The first kappa shape index (κ1) is 11.6. The van der Waals surface area contributed by atoms with E-state index in [-0.39, 0.29) is 0 Å². The highest BCUT2D eigenvalue weighted by Crippen LogP contribution is 2.32. The summed E-state index contributed by atoms with van der Waals surface area (Å²) >= 11 is 0. The van der Waals surface area contributed by atoms with Gasteiger partial charge in [0.25, 0.3) is 0 Å². The maximum absolute atomic E-state index is 4.32. The highest BCUT2D eigenvalue weighted by molar-refractivity contribution is 5.21. The molecule has 2 nitrogen and oxygen atoms in total. The van der Waals surface area contributed by atoms with E-state index in [9.17, 15) is 0 Å². The van der Waals surface area contributed by atoms with Gasteiger partial charge in [-0.25, -0.2) is 0 Å². The number of hydrogen-bond donors (Lipinski definition) is 0. The van der Waals surface area contributed by atoms with Gasteiger partial charge in [-0.05, 0) is 43.4 Å². The zero-order chi connectivity index (χ0) is 11.5. The molecular weight excluding hydrogens is 196 g/mol. The fraction of sp³-hybridized carbons (Fsp3) is 0.643. The van der Waals surface area contributed by atoms with E-state index in [0.717, 1.165) is 5.92 Å². The van der Waals surface area contributed by atoms with Gasteiger partial charge >= 0.3 is 0 Å². The van der Waals surface area contributed by atoms with Crippen LogP contribution in [0.1, 0.15) is 43.9 Å². The van der Waals surface area contributed by atoms with Gasteiger partial charge in [-0.1, -0.05) is 19.9 Å². The molecule has 0 aromatic carbocycles. The van der Waals surface area contributed by atoms with Crippen LogP contribution in [-0.4, -0.2) is 23.0 Å². The molecule has 0 radical (unpaired) electrons. The number of pyridine rings is 1. The molecule has 1 aromatic rings. The van der Waals surface area contributed by atoms with E-state index in [4.69, 9.17) is 0 Å². The van der Waals surface area contributed by atoms with Crippen LogP contribution in [0.25, 0.3) is 0 Å². The van der Waals surface area contributed by atoms with Gasteiger partial charge in [0.05, 0.1) is 0 Å². The second kappa shape index (κ2) is 4.96. The first-order chi connectivity index (χ1) is 7.66. The van der Waals surface area contributed by atoms with Crippen molar-refractivity contribution in [2.75, 3.05) is 13.1 Å². The lowest BCUT2D eigenvalue weighted by Gasteiger charge is -2.26. The molecule has 1 aliphatic heterocycles. The molecule has 0 saturated carbocycles. The van der Waals surface area contributed by atoms with E-state index < -0.39 is 0 Å². The molecule has 2 heterocycles. The van der Waals surface area contributed by atoms with Gasteiger partial charge in [0.1, 0.15) is 0 Å². The van der Waals surface area contributed by atoms with Crippen LogP contribution in [0.15, 0.2) is 18.5 Å². The van der Waals surface area contributed by atoms with Gasteiger partial charge in [0.15, 0.2) is 0 Å². The lowest BCUT2D eigenvalue weighted by Crippen LogP contribution is -2.27. The quantitative estimate of drug-likeness (QED) is 0.774. The van der Waals surface area contributed by atoms with Crippen LogP contribution < -0.4 is 0 Å². The van der Waals surface area contributed by atoms with E-state index in [1.165, 1.54) is 37.1 Å². The molecule has 1 fully saturated rings. The average Bonchev–Trinajstić information content (AvgIpc) is 2.65. The Morgan fingerprint density at radius 3 is 2.94 bits per heavy atom. The monoisotopic (exact) mass is 218 g/mol. The minimum atomic E-state index is 0.606. The first-order valence-electron chi connectivity index (χ1n) is 6.32. The Labute approximate surface area is 98.7 Å². The second-order valence-electron chi connectivity index (χ2n) is 5.34. The molecule has 1 aliphatic rings. The lowest BCUT2D eigenvalue weighted by atomic mass is 10.0. The Kier molecular flexibility index (Phi) is 3.59. The van der Waals surface area contributed by atoms with Crippen molar-refractivity contribution in [1.29, 1.82) is 0 Å². The van der Waals surface area contributed by atoms with Crippen LogP contribution in [0.2, 0.25) is 0 Å². The number of hydrogen-bond acceptors (Lipinski definition) is 2. The standard InChI is InChI=1S/C14H22N2/c1-11(2)10-16-6-4-5-14(16)13-7-12(3)8-15-9-13/h7-9,11,14H,4-6,10H2,1-3H3/t14-/m1/s1. The molecule has 1 atom stereocenters. The molecule has 1 saturated heterocycles. The van der Waals surface area contributed by atoms with Crippen LogP contribution in [-0.2, 0) is 0 Å². The first-order valence-corrected chi connectivity index (χ1v) is 6.32. The highest BCUT2D eigenvalue weighted by Gasteiger charge is 2.26. The van der Waals surface area contributed by atoms with Crippen molar-refractivity contribution in [3.8, 4) is 0 Å². The summed E-state index contributed by atoms with van der Waals surface area (Å²) in [5.74, 6) is 0.748. The van der Waals surface area contributed by atoms with E-state index in [1.54, 1.807) is 0 Å². The molecular formula is C14H22N2. The zero-order valence-corrected chi connectivity index (χ0v) is 10.6. The zero-order valence-electron chi connectivity index (χ0n) is 10.6. The minimum absolute atomic E-state index is 0.606. The van der Waals surface area contributed by atoms with Crippen molar-refractivity contribution in [2.24, 2.45) is 5.92 Å². The number of aromatic nitrogens is 1. The van der Waals surface area contributed by atoms with Crippen LogP contribution in [0, 0.1) is 12.8 Å². The smallest absolute Gasteiger partial charge is 0.0364 e. The van der Waals surface area contributed by atoms with Gasteiger partial charge in [0, 0.05) is 25.0 Å². The van der Waals surface area contributed by atoms with Crippen molar-refractivity contribution >= 4 is 0 Å². The topological polar surface area (TPSA) is 16.1 Å². The van der Waals surface area contributed by atoms with Gasteiger partial charge < -0.3 is 0 Å². The molecule has 0 bridgehead atoms. The van der Waals surface area contributed by atoms with Crippen LogP contribution in [0.3, 0.4) is 0 Å². The van der Waals surface area contributed by atoms with Crippen molar-refractivity contribution in [3.05, 3.63) is 29.6 Å². The summed E-state index contributed by atoms with van der Waals surface area (Å²) in [4.78, 5) is 6.93. The average molecular weight is 218 g/mol. The van der Waals surface area contributed by atoms with E-state index in [0.29, 0.717) is 6.04 Å². The lowest BCUT2D eigenvalue weighted by molar-refractivity contribution is 0.228. The summed E-state index contributed by atoms with van der Waals surface area (Å²) in [5, 5.41) is 0. The summed E-state index contributed by atoms with van der Waals surface area (Å²) in [7, 11) is 0. The highest BCUT2D eigenvalue weighted by atomic mass is 15.2. The Morgan fingerprint density at radius 2 is 2.25 bits per heavy atom. The number of nitrogens with zero attached hydrogens (tertiary/aromatic N) is 2. The van der Waals surface area contributed by atoms with Crippen molar-refractivity contribution in [2.45, 2.75) is 39.7 Å². The molecule has 0 aliphatic carbocycles. The maximum Gasteiger partial charge on any atom is 0.0364 e. The molecule has 16 heavy (non-hydrogen) atoms. The molecule has 0 amide bonds. The van der Waals surface area contributed by atoms with Crippen LogP contribution >= 0.6 is 0 Å². The maximum atomic E-state index is 4.32. The van der Waals surface area contributed by atoms with Crippen molar-refractivity contribution < 1.29 is 0 Å². The van der Waals surface area contributed by atoms with Gasteiger partial charge in [-0.15, -0.1) is 0 Å². The summed E-state index contributed by atoms with van der Waals surface area (Å²) in [6.45, 7) is 9.17. The third kappa shape index (κ3) is 2.62. The van der Waals surface area contributed by atoms with Crippen LogP contribution in [0.5, 0.6) is 0 Å². The van der Waals surface area contributed by atoms with Crippen LogP contribution in [0.4, 0.5) is 0 Å². The fourth-order valence-electron chi connectivity index (χ4n) is 2.65. The Balaban J connectivity index is 2.13. The third-order valence-corrected chi connectivity index (χ3v) is 3.24. The second-order valence-corrected chi connectivity index (χ2v) is 5.34. The molecule has 88 valence electrons. The SMILES string of the molecule is Cc1cncc([C@H]2CCCN2CC(C)C)c1. The molecule has 2 heteroatoms. The largest absolute Gasteiger partial charge is 0.296 e. The molecule has 2 rings (SSSR count). The Morgan fingerprint density at radius 1 is 1.44 bits per heavy atom. The minimum Gasteiger partial charge on any atom is -0.296 e. The third-order valence-electron chi connectivity index (χ3n) is 3.24. The van der Waals surface area contributed by atoms with E-state index in [2.05, 4.69) is 36.7 Å². The number of rotatable bonds is 3. The number of likely N-dealkylation sites (tertiary alicyclic amines) is 1. The summed E-state index contributed by atoms with van der Waals surface area (Å²) < 4.78 is 0. The molecule has 0 spiro atoms. The molecule has 0 N–H and O–H groups in total. The normalized spacial score (nSPS) is 21.9. The van der Waals surface area contributed by atoms with Gasteiger partial charge in [-0.3, -0.25) is 9.88 Å². The summed E-state index contributed by atoms with van der Waals surface area (Å²) in [6.07, 6.45) is 6.59. The predicted molar refractivity (Wildman–Crippen MR) is 67.4 cm³/mol. The number of aryl methyl sites for hydroxylation is 1. The summed E-state index contributed by atoms with van der Waals surface area (Å²) in [5.41, 5.74) is 2.67. The Bertz CT molecular complexity index is 346. The van der Waals surface area contributed by atoms with Crippen molar-refractivity contribution in [3.63, 3.8) is 0 Å². The Hall–Kier alpha value is -0.890. The molecule has 1 aromatic heterocycles. The summed E-state index contributed by atoms with van der Waals surface area (Å²) in [6, 6.07) is 2.89.